The molecule has 0 aromatic heterocycles. The Bertz CT molecular complexity index is 456. The van der Waals surface area contributed by atoms with Crippen LogP contribution < -0.4 is 11.1 Å². The Hall–Kier alpha value is -1.43. The van der Waals surface area contributed by atoms with E-state index in [0.29, 0.717) is 6.42 Å². The van der Waals surface area contributed by atoms with Crippen LogP contribution in [-0.2, 0) is 16.1 Å². The van der Waals surface area contributed by atoms with Gasteiger partial charge in [-0.15, -0.1) is 0 Å². The van der Waals surface area contributed by atoms with Gasteiger partial charge in [-0.3, -0.25) is 9.69 Å². The highest BCUT2D eigenvalue weighted by molar-refractivity contribution is 5.90. The monoisotopic (exact) mass is 319 g/mol. The fourth-order valence-corrected chi connectivity index (χ4v) is 2.72. The number of carbonyl (C=O) groups is 1. The van der Waals surface area contributed by atoms with Gasteiger partial charge < -0.3 is 15.8 Å². The van der Waals surface area contributed by atoms with E-state index >= 15 is 0 Å². The first kappa shape index (κ1) is 17.9. The second kappa shape index (κ2) is 10.4. The minimum absolute atomic E-state index is 0.0960. The summed E-state index contributed by atoms with van der Waals surface area (Å²) in [4.78, 5) is 14.3. The molecule has 0 aliphatic carbocycles. The zero-order chi connectivity index (χ0) is 16.3. The normalized spacial score (nSPS) is 15.5. The van der Waals surface area contributed by atoms with Gasteiger partial charge in [-0.1, -0.05) is 25.0 Å². The van der Waals surface area contributed by atoms with Gasteiger partial charge in [0.2, 0.25) is 5.91 Å². The fraction of sp³-hybridized carbons (Fsp3) is 0.611. The third-order valence-corrected chi connectivity index (χ3v) is 4.11. The summed E-state index contributed by atoms with van der Waals surface area (Å²) < 4.78 is 5.36. The summed E-state index contributed by atoms with van der Waals surface area (Å²) in [7, 11) is 0. The van der Waals surface area contributed by atoms with Crippen molar-refractivity contribution in [2.24, 2.45) is 5.73 Å². The van der Waals surface area contributed by atoms with Gasteiger partial charge in [-0.25, -0.2) is 0 Å². The largest absolute Gasteiger partial charge is 0.379 e. The van der Waals surface area contributed by atoms with Crippen LogP contribution in [0.2, 0.25) is 0 Å². The molecule has 0 unspecified atom stereocenters. The number of unbranched alkanes of at least 4 members (excludes halogenated alkanes) is 3. The fourth-order valence-electron chi connectivity index (χ4n) is 2.72. The van der Waals surface area contributed by atoms with E-state index in [2.05, 4.69) is 22.3 Å². The highest BCUT2D eigenvalue weighted by Gasteiger charge is 2.10. The van der Waals surface area contributed by atoms with Crippen LogP contribution in [0.1, 0.15) is 37.7 Å². The molecule has 0 radical (unpaired) electrons. The number of nitrogens with two attached hydrogens (primary N) is 1. The average Bonchev–Trinajstić information content (AvgIpc) is 2.57. The standard InChI is InChI=1S/C18H29N3O2/c19-10-4-2-1-3-5-18(22)20-17-8-6-16(7-9-17)15-21-11-13-23-14-12-21/h6-9H,1-5,10-15,19H2,(H,20,22). The van der Waals surface area contributed by atoms with E-state index in [0.717, 1.165) is 70.8 Å². The summed E-state index contributed by atoms with van der Waals surface area (Å²) in [5, 5.41) is 2.97. The van der Waals surface area contributed by atoms with Crippen molar-refractivity contribution in [3.05, 3.63) is 29.8 Å². The Kier molecular flexibility index (Phi) is 8.07. The summed E-state index contributed by atoms with van der Waals surface area (Å²) in [5.41, 5.74) is 7.60. The molecule has 5 nitrogen and oxygen atoms in total. The van der Waals surface area contributed by atoms with Crippen LogP contribution >= 0.6 is 0 Å². The predicted molar refractivity (Wildman–Crippen MR) is 93.3 cm³/mol. The zero-order valence-corrected chi connectivity index (χ0v) is 13.9. The van der Waals surface area contributed by atoms with E-state index in [9.17, 15) is 4.79 Å². The van der Waals surface area contributed by atoms with Crippen molar-refractivity contribution in [2.75, 3.05) is 38.2 Å². The molecule has 5 heteroatoms. The zero-order valence-electron chi connectivity index (χ0n) is 13.9. The van der Waals surface area contributed by atoms with Crippen molar-refractivity contribution in [2.45, 2.75) is 38.6 Å². The molecule has 1 amide bonds. The number of carbonyl (C=O) groups excluding carboxylic acids is 1. The summed E-state index contributed by atoms with van der Waals surface area (Å²) in [6.45, 7) is 5.30. The second-order valence-electron chi connectivity index (χ2n) is 6.09. The molecule has 2 rings (SSSR count). The van der Waals surface area contributed by atoms with Gasteiger partial charge in [-0.2, -0.15) is 0 Å². The number of anilines is 1. The van der Waals surface area contributed by atoms with Crippen LogP contribution in [0.15, 0.2) is 24.3 Å². The quantitative estimate of drug-likeness (QED) is 0.686. The second-order valence-corrected chi connectivity index (χ2v) is 6.09. The molecule has 0 saturated carbocycles. The third-order valence-electron chi connectivity index (χ3n) is 4.11. The lowest BCUT2D eigenvalue weighted by Gasteiger charge is -2.26. The molecule has 0 atom stereocenters. The maximum Gasteiger partial charge on any atom is 0.224 e. The summed E-state index contributed by atoms with van der Waals surface area (Å²) in [6, 6.07) is 8.16. The molecule has 1 saturated heterocycles. The predicted octanol–water partition coefficient (Wildman–Crippen LogP) is 2.37. The molecular weight excluding hydrogens is 290 g/mol. The Labute approximate surface area is 139 Å². The van der Waals surface area contributed by atoms with Gasteiger partial charge in [0.25, 0.3) is 0 Å². The van der Waals surface area contributed by atoms with Crippen molar-refractivity contribution < 1.29 is 9.53 Å². The molecule has 1 aromatic carbocycles. The van der Waals surface area contributed by atoms with E-state index in [-0.39, 0.29) is 5.91 Å². The van der Waals surface area contributed by atoms with Crippen LogP contribution in [0.3, 0.4) is 0 Å². The molecule has 128 valence electrons. The van der Waals surface area contributed by atoms with Crippen molar-refractivity contribution in [1.82, 2.24) is 4.90 Å². The van der Waals surface area contributed by atoms with E-state index in [1.807, 2.05) is 12.1 Å². The summed E-state index contributed by atoms with van der Waals surface area (Å²) in [5.74, 6) is 0.0960. The maximum atomic E-state index is 11.9. The van der Waals surface area contributed by atoms with Gasteiger partial charge in [-0.05, 0) is 37.1 Å². The minimum Gasteiger partial charge on any atom is -0.379 e. The Morgan fingerprint density at radius 1 is 1.09 bits per heavy atom. The molecule has 1 aliphatic heterocycles. The molecule has 3 N–H and O–H groups in total. The Morgan fingerprint density at radius 3 is 2.48 bits per heavy atom. The van der Waals surface area contributed by atoms with Crippen LogP contribution in [0.25, 0.3) is 0 Å². The van der Waals surface area contributed by atoms with Gasteiger partial charge >= 0.3 is 0 Å². The number of benzene rings is 1. The van der Waals surface area contributed by atoms with Crippen molar-refractivity contribution in [3.8, 4) is 0 Å². The molecule has 0 bridgehead atoms. The molecule has 1 aromatic rings. The van der Waals surface area contributed by atoms with E-state index in [1.165, 1.54) is 5.56 Å². The van der Waals surface area contributed by atoms with Crippen LogP contribution in [0.5, 0.6) is 0 Å². The number of nitrogens with one attached hydrogen (secondary N) is 1. The van der Waals surface area contributed by atoms with E-state index in [4.69, 9.17) is 10.5 Å². The first-order valence-electron chi connectivity index (χ1n) is 8.67. The Morgan fingerprint density at radius 2 is 1.78 bits per heavy atom. The van der Waals surface area contributed by atoms with Crippen molar-refractivity contribution in [3.63, 3.8) is 0 Å². The van der Waals surface area contributed by atoms with Crippen molar-refractivity contribution in [1.29, 1.82) is 0 Å². The number of ether oxygens (including phenoxy) is 1. The number of amides is 1. The maximum absolute atomic E-state index is 11.9. The smallest absolute Gasteiger partial charge is 0.224 e. The molecular formula is C18H29N3O2. The molecule has 23 heavy (non-hydrogen) atoms. The highest BCUT2D eigenvalue weighted by Crippen LogP contribution is 2.13. The van der Waals surface area contributed by atoms with Crippen LogP contribution in [-0.4, -0.2) is 43.7 Å². The number of morpholine rings is 1. The van der Waals surface area contributed by atoms with Gasteiger partial charge in [0, 0.05) is 31.7 Å². The van der Waals surface area contributed by atoms with E-state index in [1.54, 1.807) is 0 Å². The Balaban J connectivity index is 1.68. The van der Waals surface area contributed by atoms with Crippen molar-refractivity contribution >= 4 is 11.6 Å². The van der Waals surface area contributed by atoms with Gasteiger partial charge in [0.15, 0.2) is 0 Å². The van der Waals surface area contributed by atoms with Gasteiger partial charge in [0.05, 0.1) is 13.2 Å². The summed E-state index contributed by atoms with van der Waals surface area (Å²) in [6.07, 6.45) is 4.75. The first-order valence-corrected chi connectivity index (χ1v) is 8.67. The number of hydrogen-bond donors (Lipinski definition) is 2. The van der Waals surface area contributed by atoms with E-state index < -0.39 is 0 Å². The third kappa shape index (κ3) is 7.12. The number of nitrogens with zero attached hydrogens (tertiary/aromatic N) is 1. The topological polar surface area (TPSA) is 67.6 Å². The number of rotatable bonds is 9. The average molecular weight is 319 g/mol. The SMILES string of the molecule is NCCCCCCC(=O)Nc1ccc(CN2CCOCC2)cc1. The number of hydrogen-bond acceptors (Lipinski definition) is 4. The molecule has 1 aliphatic rings. The summed E-state index contributed by atoms with van der Waals surface area (Å²) >= 11 is 0. The first-order chi connectivity index (χ1) is 11.3. The lowest BCUT2D eigenvalue weighted by atomic mass is 10.1. The lowest BCUT2D eigenvalue weighted by molar-refractivity contribution is -0.116. The molecule has 1 fully saturated rings. The van der Waals surface area contributed by atoms with Gasteiger partial charge in [0.1, 0.15) is 0 Å². The molecule has 1 heterocycles. The minimum atomic E-state index is 0.0960. The molecule has 0 spiro atoms. The van der Waals surface area contributed by atoms with Crippen LogP contribution in [0.4, 0.5) is 5.69 Å². The highest BCUT2D eigenvalue weighted by atomic mass is 16.5. The van der Waals surface area contributed by atoms with Crippen LogP contribution in [0, 0.1) is 0 Å². The lowest BCUT2D eigenvalue weighted by Crippen LogP contribution is -2.35.